The number of rotatable bonds is 6. The number of anilines is 1. The van der Waals surface area contributed by atoms with Gasteiger partial charge < -0.3 is 16.4 Å². The molecule has 0 aliphatic heterocycles. The largest absolute Gasteiger partial charge is 0.399 e. The van der Waals surface area contributed by atoms with Gasteiger partial charge in [0.25, 0.3) is 0 Å². The first-order valence-electron chi connectivity index (χ1n) is 5.94. The van der Waals surface area contributed by atoms with Gasteiger partial charge in [-0.1, -0.05) is 18.2 Å². The fourth-order valence-electron chi connectivity index (χ4n) is 1.54. The molecule has 0 aliphatic carbocycles. The van der Waals surface area contributed by atoms with Gasteiger partial charge in [0.05, 0.1) is 0 Å². The molecule has 5 heteroatoms. The van der Waals surface area contributed by atoms with Crippen molar-refractivity contribution in [2.24, 2.45) is 0 Å². The van der Waals surface area contributed by atoms with Gasteiger partial charge in [-0.05, 0) is 18.1 Å². The van der Waals surface area contributed by atoms with Crippen LogP contribution in [0.2, 0.25) is 0 Å². The summed E-state index contributed by atoms with van der Waals surface area (Å²) in [7, 11) is 0. The zero-order valence-corrected chi connectivity index (χ0v) is 10.5. The zero-order valence-electron chi connectivity index (χ0n) is 10.5. The van der Waals surface area contributed by atoms with Crippen LogP contribution in [0.1, 0.15) is 18.9 Å². The zero-order chi connectivity index (χ0) is 13.4. The molecule has 0 atom stereocenters. The number of amides is 2. The standard InChI is InChI=1S/C13H19N3O2/c1-10(17)15-8-9-16-13(18)7-6-11-4-2-3-5-12(11)14/h2-5H,6-9,14H2,1H3,(H,15,17)(H,16,18). The van der Waals surface area contributed by atoms with Crippen molar-refractivity contribution < 1.29 is 9.59 Å². The van der Waals surface area contributed by atoms with Crippen LogP contribution in [0.3, 0.4) is 0 Å². The molecule has 1 aromatic carbocycles. The molecule has 1 aromatic rings. The Hall–Kier alpha value is -2.04. The van der Waals surface area contributed by atoms with E-state index in [1.54, 1.807) is 0 Å². The number of benzene rings is 1. The highest BCUT2D eigenvalue weighted by Gasteiger charge is 2.03. The van der Waals surface area contributed by atoms with Crippen molar-refractivity contribution in [3.63, 3.8) is 0 Å². The van der Waals surface area contributed by atoms with Crippen LogP contribution >= 0.6 is 0 Å². The molecule has 0 aromatic heterocycles. The highest BCUT2D eigenvalue weighted by Crippen LogP contribution is 2.12. The molecule has 0 saturated heterocycles. The normalized spacial score (nSPS) is 9.83. The number of aryl methyl sites for hydroxylation is 1. The lowest BCUT2D eigenvalue weighted by Gasteiger charge is -2.07. The van der Waals surface area contributed by atoms with Crippen molar-refractivity contribution >= 4 is 17.5 Å². The smallest absolute Gasteiger partial charge is 0.220 e. The first-order valence-corrected chi connectivity index (χ1v) is 5.94. The maximum Gasteiger partial charge on any atom is 0.220 e. The van der Waals surface area contributed by atoms with Crippen LogP contribution in [-0.2, 0) is 16.0 Å². The lowest BCUT2D eigenvalue weighted by atomic mass is 10.1. The van der Waals surface area contributed by atoms with Crippen LogP contribution in [-0.4, -0.2) is 24.9 Å². The summed E-state index contributed by atoms with van der Waals surface area (Å²) in [6.45, 7) is 2.34. The highest BCUT2D eigenvalue weighted by molar-refractivity contribution is 5.76. The molecule has 1 rings (SSSR count). The topological polar surface area (TPSA) is 84.2 Å². The molecule has 4 N–H and O–H groups in total. The number of carbonyl (C=O) groups is 2. The van der Waals surface area contributed by atoms with Gasteiger partial charge in [0.1, 0.15) is 0 Å². The van der Waals surface area contributed by atoms with Gasteiger partial charge in [-0.15, -0.1) is 0 Å². The first-order chi connectivity index (χ1) is 8.59. The molecule has 0 aliphatic rings. The lowest BCUT2D eigenvalue weighted by molar-refractivity contribution is -0.122. The van der Waals surface area contributed by atoms with Crippen molar-refractivity contribution in [1.82, 2.24) is 10.6 Å². The Morgan fingerprint density at radius 1 is 1.17 bits per heavy atom. The Morgan fingerprint density at radius 3 is 2.50 bits per heavy atom. The predicted molar refractivity (Wildman–Crippen MR) is 70.9 cm³/mol. The molecule has 0 bridgehead atoms. The Bertz CT molecular complexity index is 418. The first kappa shape index (κ1) is 14.0. The number of hydrogen-bond donors (Lipinski definition) is 3. The second-order valence-electron chi connectivity index (χ2n) is 4.03. The lowest BCUT2D eigenvalue weighted by Crippen LogP contribution is -2.33. The van der Waals surface area contributed by atoms with Crippen LogP contribution in [0.15, 0.2) is 24.3 Å². The molecule has 0 fully saturated rings. The average molecular weight is 249 g/mol. The summed E-state index contributed by atoms with van der Waals surface area (Å²) >= 11 is 0. The summed E-state index contributed by atoms with van der Waals surface area (Å²) in [4.78, 5) is 22.1. The number of nitrogens with one attached hydrogen (secondary N) is 2. The van der Waals surface area contributed by atoms with Crippen LogP contribution in [0.5, 0.6) is 0 Å². The highest BCUT2D eigenvalue weighted by atomic mass is 16.2. The Morgan fingerprint density at radius 2 is 1.83 bits per heavy atom. The Balaban J connectivity index is 2.21. The van der Waals surface area contributed by atoms with Gasteiger partial charge >= 0.3 is 0 Å². The van der Waals surface area contributed by atoms with E-state index in [4.69, 9.17) is 5.73 Å². The van der Waals surface area contributed by atoms with Gasteiger partial charge in [-0.3, -0.25) is 9.59 Å². The summed E-state index contributed by atoms with van der Waals surface area (Å²) in [5, 5.41) is 5.34. The van der Waals surface area contributed by atoms with Crippen LogP contribution in [0.4, 0.5) is 5.69 Å². The molecule has 0 heterocycles. The summed E-state index contributed by atoms with van der Waals surface area (Å²) in [6, 6.07) is 7.51. The molecular formula is C13H19N3O2. The second kappa shape index (κ2) is 7.32. The minimum atomic E-state index is -0.0960. The summed E-state index contributed by atoms with van der Waals surface area (Å²) in [5.41, 5.74) is 7.48. The summed E-state index contributed by atoms with van der Waals surface area (Å²) in [5.74, 6) is -0.134. The molecule has 0 saturated carbocycles. The predicted octanol–water partition coefficient (Wildman–Crippen LogP) is 0.454. The molecule has 0 radical (unpaired) electrons. The third-order valence-corrected chi connectivity index (χ3v) is 2.50. The molecule has 0 spiro atoms. The van der Waals surface area contributed by atoms with E-state index < -0.39 is 0 Å². The van der Waals surface area contributed by atoms with E-state index in [0.717, 1.165) is 5.56 Å². The number of carbonyl (C=O) groups excluding carboxylic acids is 2. The molecule has 0 unspecified atom stereocenters. The van der Waals surface area contributed by atoms with E-state index in [1.807, 2.05) is 24.3 Å². The van der Waals surface area contributed by atoms with Gasteiger partial charge in [0, 0.05) is 32.1 Å². The van der Waals surface area contributed by atoms with E-state index in [9.17, 15) is 9.59 Å². The van der Waals surface area contributed by atoms with Crippen LogP contribution in [0, 0.1) is 0 Å². The van der Waals surface area contributed by atoms with E-state index in [1.165, 1.54) is 6.92 Å². The molecule has 98 valence electrons. The van der Waals surface area contributed by atoms with Crippen LogP contribution in [0.25, 0.3) is 0 Å². The minimum absolute atomic E-state index is 0.0383. The fourth-order valence-corrected chi connectivity index (χ4v) is 1.54. The van der Waals surface area contributed by atoms with Crippen molar-refractivity contribution in [3.8, 4) is 0 Å². The number of nitrogen functional groups attached to an aromatic ring is 1. The Kier molecular flexibility index (Phi) is 5.70. The maximum atomic E-state index is 11.5. The molecule has 2 amide bonds. The summed E-state index contributed by atoms with van der Waals surface area (Å²) in [6.07, 6.45) is 1.02. The third-order valence-electron chi connectivity index (χ3n) is 2.50. The maximum absolute atomic E-state index is 11.5. The summed E-state index contributed by atoms with van der Waals surface area (Å²) < 4.78 is 0. The molecule has 5 nitrogen and oxygen atoms in total. The quantitative estimate of drug-likeness (QED) is 0.505. The number of nitrogens with two attached hydrogens (primary N) is 1. The molecular weight excluding hydrogens is 230 g/mol. The van der Waals surface area contributed by atoms with Gasteiger partial charge in [-0.2, -0.15) is 0 Å². The third kappa shape index (κ3) is 5.34. The van der Waals surface area contributed by atoms with E-state index in [-0.39, 0.29) is 11.8 Å². The van der Waals surface area contributed by atoms with Gasteiger partial charge in [0.15, 0.2) is 0 Å². The molecule has 18 heavy (non-hydrogen) atoms. The van der Waals surface area contributed by atoms with Gasteiger partial charge in [-0.25, -0.2) is 0 Å². The van der Waals surface area contributed by atoms with E-state index in [0.29, 0.717) is 31.6 Å². The van der Waals surface area contributed by atoms with Crippen molar-refractivity contribution in [2.45, 2.75) is 19.8 Å². The SMILES string of the molecule is CC(=O)NCCNC(=O)CCc1ccccc1N. The van der Waals surface area contributed by atoms with Crippen LogP contribution < -0.4 is 16.4 Å². The Labute approximate surface area is 107 Å². The minimum Gasteiger partial charge on any atom is -0.399 e. The average Bonchev–Trinajstić information content (AvgIpc) is 2.33. The monoisotopic (exact) mass is 249 g/mol. The van der Waals surface area contributed by atoms with Gasteiger partial charge in [0.2, 0.25) is 11.8 Å². The van der Waals surface area contributed by atoms with Crippen molar-refractivity contribution in [3.05, 3.63) is 29.8 Å². The van der Waals surface area contributed by atoms with Crippen molar-refractivity contribution in [1.29, 1.82) is 0 Å². The van der Waals surface area contributed by atoms with E-state index in [2.05, 4.69) is 10.6 Å². The fraction of sp³-hybridized carbons (Fsp3) is 0.385. The van der Waals surface area contributed by atoms with Crippen molar-refractivity contribution in [2.75, 3.05) is 18.8 Å². The number of hydrogen-bond acceptors (Lipinski definition) is 3. The number of para-hydroxylation sites is 1. The second-order valence-corrected chi connectivity index (χ2v) is 4.03. The van der Waals surface area contributed by atoms with E-state index >= 15 is 0 Å².